The Bertz CT molecular complexity index is 1320. The summed E-state index contributed by atoms with van der Waals surface area (Å²) in [5.41, 5.74) is 0.914. The minimum atomic E-state index is -4.16. The Morgan fingerprint density at radius 2 is 1.59 bits per heavy atom. The molecule has 0 radical (unpaired) electrons. The number of amides is 2. The van der Waals surface area contributed by atoms with Gasteiger partial charge in [-0.05, 0) is 55.8 Å². The van der Waals surface area contributed by atoms with E-state index in [1.54, 1.807) is 81.6 Å². The van der Waals surface area contributed by atoms with Gasteiger partial charge < -0.3 is 15.0 Å². The van der Waals surface area contributed by atoms with Gasteiger partial charge in [0.2, 0.25) is 11.8 Å². The highest BCUT2D eigenvalue weighted by Crippen LogP contribution is 2.30. The quantitative estimate of drug-likeness (QED) is 0.393. The highest BCUT2D eigenvalue weighted by molar-refractivity contribution is 7.92. The molecule has 0 aliphatic rings. The summed E-state index contributed by atoms with van der Waals surface area (Å²) < 4.78 is 33.5. The summed E-state index contributed by atoms with van der Waals surface area (Å²) >= 11 is 6.38. The van der Waals surface area contributed by atoms with Gasteiger partial charge in [0.25, 0.3) is 10.0 Å². The lowest BCUT2D eigenvalue weighted by molar-refractivity contribution is -0.139. The molecule has 3 aromatic rings. The number of ether oxygens (including phenoxy) is 1. The van der Waals surface area contributed by atoms with Crippen LogP contribution in [0.15, 0.2) is 83.8 Å². The largest absolute Gasteiger partial charge is 0.497 e. The highest BCUT2D eigenvalue weighted by atomic mass is 35.5. The predicted molar refractivity (Wildman–Crippen MR) is 144 cm³/mol. The van der Waals surface area contributed by atoms with E-state index in [9.17, 15) is 18.0 Å². The van der Waals surface area contributed by atoms with Crippen molar-refractivity contribution in [3.63, 3.8) is 0 Å². The van der Waals surface area contributed by atoms with Crippen molar-refractivity contribution in [1.82, 2.24) is 10.2 Å². The Kier molecular flexibility index (Phi) is 9.54. The average molecular weight is 544 g/mol. The summed E-state index contributed by atoms with van der Waals surface area (Å²) in [4.78, 5) is 27.9. The van der Waals surface area contributed by atoms with E-state index in [2.05, 4.69) is 5.32 Å². The fourth-order valence-corrected chi connectivity index (χ4v) is 5.46. The second-order valence-electron chi connectivity index (χ2n) is 8.22. The zero-order chi connectivity index (χ0) is 27.0. The third-order valence-electron chi connectivity index (χ3n) is 5.76. The number of methoxy groups -OCH3 is 1. The van der Waals surface area contributed by atoms with Crippen molar-refractivity contribution in [2.45, 2.75) is 31.3 Å². The van der Waals surface area contributed by atoms with Crippen LogP contribution in [0.25, 0.3) is 0 Å². The van der Waals surface area contributed by atoms with Crippen LogP contribution >= 0.6 is 11.6 Å². The van der Waals surface area contributed by atoms with Gasteiger partial charge in [0.15, 0.2) is 0 Å². The fourth-order valence-electron chi connectivity index (χ4n) is 3.72. The van der Waals surface area contributed by atoms with Gasteiger partial charge in [0, 0.05) is 13.1 Å². The number of carbonyl (C=O) groups excluding carboxylic acids is 2. The van der Waals surface area contributed by atoms with E-state index in [4.69, 9.17) is 16.3 Å². The van der Waals surface area contributed by atoms with Crippen LogP contribution in [0.3, 0.4) is 0 Å². The maximum Gasteiger partial charge on any atom is 0.264 e. The van der Waals surface area contributed by atoms with E-state index in [1.165, 1.54) is 23.1 Å². The lowest BCUT2D eigenvalue weighted by Crippen LogP contribution is -2.51. The number of likely N-dealkylation sites (N-methyl/N-ethyl adjacent to an activating group) is 1. The van der Waals surface area contributed by atoms with E-state index in [-0.39, 0.29) is 28.1 Å². The van der Waals surface area contributed by atoms with Crippen molar-refractivity contribution < 1.29 is 22.7 Å². The number of sulfonamides is 1. The van der Waals surface area contributed by atoms with E-state index >= 15 is 0 Å². The molecule has 0 unspecified atom stereocenters. The van der Waals surface area contributed by atoms with Crippen LogP contribution in [0, 0.1) is 0 Å². The van der Waals surface area contributed by atoms with Crippen LogP contribution in [0.2, 0.25) is 5.02 Å². The van der Waals surface area contributed by atoms with E-state index < -0.39 is 28.5 Å². The molecule has 1 N–H and O–H groups in total. The van der Waals surface area contributed by atoms with Crippen LogP contribution in [0.1, 0.15) is 19.4 Å². The van der Waals surface area contributed by atoms with Crippen molar-refractivity contribution in [3.05, 3.63) is 89.4 Å². The van der Waals surface area contributed by atoms with Crippen LogP contribution in [-0.4, -0.2) is 51.4 Å². The Morgan fingerprint density at radius 1 is 0.973 bits per heavy atom. The highest BCUT2D eigenvalue weighted by Gasteiger charge is 2.33. The molecule has 0 saturated carbocycles. The molecule has 0 fully saturated rings. The maximum atomic E-state index is 13.8. The summed E-state index contributed by atoms with van der Waals surface area (Å²) in [6.07, 6.45) is 0. The van der Waals surface area contributed by atoms with Gasteiger partial charge >= 0.3 is 0 Å². The molecule has 3 aromatic carbocycles. The molecule has 0 aliphatic heterocycles. The van der Waals surface area contributed by atoms with Gasteiger partial charge in [-0.1, -0.05) is 54.1 Å². The molecule has 37 heavy (non-hydrogen) atoms. The van der Waals surface area contributed by atoms with Crippen LogP contribution < -0.4 is 14.4 Å². The number of carbonyl (C=O) groups is 2. The normalized spacial score (nSPS) is 11.9. The molecular weight excluding hydrogens is 514 g/mol. The molecule has 8 nitrogen and oxygen atoms in total. The Balaban J connectivity index is 2.01. The third kappa shape index (κ3) is 6.81. The first-order valence-electron chi connectivity index (χ1n) is 11.7. The lowest BCUT2D eigenvalue weighted by atomic mass is 10.1. The number of halogens is 1. The van der Waals surface area contributed by atoms with Crippen molar-refractivity contribution in [3.8, 4) is 5.75 Å². The molecule has 10 heteroatoms. The first kappa shape index (κ1) is 28.0. The number of anilines is 1. The molecule has 0 aromatic heterocycles. The molecule has 2 amide bonds. The molecule has 0 spiro atoms. The van der Waals surface area contributed by atoms with Gasteiger partial charge in [-0.25, -0.2) is 8.42 Å². The summed E-state index contributed by atoms with van der Waals surface area (Å²) in [6, 6.07) is 20.5. The van der Waals surface area contributed by atoms with E-state index in [0.717, 1.165) is 9.87 Å². The molecule has 0 saturated heterocycles. The second kappa shape index (κ2) is 12.6. The van der Waals surface area contributed by atoms with Crippen molar-refractivity contribution in [1.29, 1.82) is 0 Å². The van der Waals surface area contributed by atoms with Gasteiger partial charge in [-0.15, -0.1) is 0 Å². The number of hydrogen-bond donors (Lipinski definition) is 1. The molecule has 0 heterocycles. The van der Waals surface area contributed by atoms with Gasteiger partial charge in [0.1, 0.15) is 18.3 Å². The molecule has 0 aliphatic carbocycles. The topological polar surface area (TPSA) is 96.0 Å². The van der Waals surface area contributed by atoms with Crippen molar-refractivity contribution in [2.75, 3.05) is 24.5 Å². The zero-order valence-corrected chi connectivity index (χ0v) is 22.5. The number of para-hydroxylation sites is 1. The molecular formula is C27H30ClN3O5S. The Labute approximate surface area is 222 Å². The summed E-state index contributed by atoms with van der Waals surface area (Å²) in [6.45, 7) is 3.31. The number of nitrogens with zero attached hydrogens (tertiary/aromatic N) is 2. The molecule has 0 bridgehead atoms. The molecule has 3 rings (SSSR count). The van der Waals surface area contributed by atoms with Gasteiger partial charge in [0.05, 0.1) is 22.7 Å². The summed E-state index contributed by atoms with van der Waals surface area (Å²) in [5.74, 6) is -0.259. The average Bonchev–Trinajstić information content (AvgIpc) is 2.91. The number of hydrogen-bond acceptors (Lipinski definition) is 5. The van der Waals surface area contributed by atoms with Gasteiger partial charge in [-0.3, -0.25) is 13.9 Å². The summed E-state index contributed by atoms with van der Waals surface area (Å²) in [5, 5.41) is 2.90. The minimum absolute atomic E-state index is 0.0150. The van der Waals surface area contributed by atoms with Gasteiger partial charge in [-0.2, -0.15) is 0 Å². The second-order valence-corrected chi connectivity index (χ2v) is 10.5. The predicted octanol–water partition coefficient (Wildman–Crippen LogP) is 4.10. The fraction of sp³-hybridized carbons (Fsp3) is 0.259. The zero-order valence-electron chi connectivity index (χ0n) is 20.9. The first-order valence-corrected chi connectivity index (χ1v) is 13.5. The SMILES string of the molecule is CCNC(=O)[C@H](C)N(Cc1ccc(OC)cc1)C(=O)CN(c1ccccc1Cl)S(=O)(=O)c1ccccc1. The maximum absolute atomic E-state index is 13.8. The Morgan fingerprint density at radius 3 is 2.19 bits per heavy atom. The molecule has 196 valence electrons. The number of benzene rings is 3. The third-order valence-corrected chi connectivity index (χ3v) is 7.86. The van der Waals surface area contributed by atoms with Crippen LogP contribution in [-0.2, 0) is 26.2 Å². The number of nitrogens with one attached hydrogen (secondary N) is 1. The van der Waals surface area contributed by atoms with Crippen LogP contribution in [0.4, 0.5) is 5.69 Å². The number of rotatable bonds is 11. The van der Waals surface area contributed by atoms with E-state index in [0.29, 0.717) is 12.3 Å². The van der Waals surface area contributed by atoms with E-state index in [1.807, 2.05) is 0 Å². The smallest absolute Gasteiger partial charge is 0.264 e. The standard InChI is InChI=1S/C27H30ClN3O5S/c1-4-29-27(33)20(2)30(18-21-14-16-22(36-3)17-15-21)26(32)19-31(25-13-9-8-12-24(25)28)37(34,35)23-10-6-5-7-11-23/h5-17,20H,4,18-19H2,1-3H3,(H,29,33)/t20-/m0/s1. The lowest BCUT2D eigenvalue weighted by Gasteiger charge is -2.32. The van der Waals surface area contributed by atoms with Crippen LogP contribution in [0.5, 0.6) is 5.75 Å². The Hall–Kier alpha value is -3.56. The molecule has 1 atom stereocenters. The summed E-state index contributed by atoms with van der Waals surface area (Å²) in [7, 11) is -2.60. The first-order chi connectivity index (χ1) is 17.7. The van der Waals surface area contributed by atoms with Crippen molar-refractivity contribution in [2.24, 2.45) is 0 Å². The minimum Gasteiger partial charge on any atom is -0.497 e. The van der Waals surface area contributed by atoms with Crippen molar-refractivity contribution >= 4 is 39.1 Å². The monoisotopic (exact) mass is 543 g/mol.